The zero-order valence-electron chi connectivity index (χ0n) is 10.3. The fourth-order valence-electron chi connectivity index (χ4n) is 1.83. The summed E-state index contributed by atoms with van der Waals surface area (Å²) in [5.74, 6) is 0.791. The lowest BCUT2D eigenvalue weighted by Gasteiger charge is -2.18. The van der Waals surface area contributed by atoms with Crippen LogP contribution in [0, 0.1) is 12.8 Å². The smallest absolute Gasteiger partial charge is 0.0537 e. The first-order valence-corrected chi connectivity index (χ1v) is 5.92. The minimum atomic E-state index is 0.393. The molecule has 3 nitrogen and oxygen atoms in total. The molecule has 0 aromatic carbocycles. The number of aromatic nitrogens is 2. The molecule has 1 aromatic heterocycles. The average Bonchev–Trinajstić information content (AvgIpc) is 2.66. The third-order valence-corrected chi connectivity index (χ3v) is 3.20. The molecule has 0 spiro atoms. The van der Waals surface area contributed by atoms with Crippen LogP contribution >= 0.6 is 0 Å². The predicted octanol–water partition coefficient (Wildman–Crippen LogP) is 2.80. The maximum absolute atomic E-state index is 4.05. The fourth-order valence-corrected chi connectivity index (χ4v) is 1.83. The molecule has 1 unspecified atom stereocenters. The van der Waals surface area contributed by atoms with Gasteiger partial charge in [0.05, 0.1) is 6.20 Å². The van der Waals surface area contributed by atoms with E-state index in [-0.39, 0.29) is 0 Å². The second kappa shape index (κ2) is 5.91. The number of rotatable bonds is 6. The molecule has 1 rings (SSSR count). The van der Waals surface area contributed by atoms with E-state index in [4.69, 9.17) is 0 Å². The Bertz CT molecular complexity index is 276. The molecule has 3 heteroatoms. The van der Waals surface area contributed by atoms with Crippen molar-refractivity contribution in [2.24, 2.45) is 5.92 Å². The third-order valence-electron chi connectivity index (χ3n) is 3.20. The molecule has 0 bridgehead atoms. The molecule has 1 heterocycles. The van der Waals surface area contributed by atoms with Crippen molar-refractivity contribution in [3.63, 3.8) is 0 Å². The molecule has 0 saturated carbocycles. The Morgan fingerprint density at radius 3 is 2.53 bits per heavy atom. The number of hydrogen-bond donors (Lipinski definition) is 2. The topological polar surface area (TPSA) is 40.7 Å². The Balaban J connectivity index is 2.42. The van der Waals surface area contributed by atoms with E-state index in [9.17, 15) is 0 Å². The van der Waals surface area contributed by atoms with Crippen molar-refractivity contribution in [2.75, 3.05) is 6.54 Å². The number of nitrogens with zero attached hydrogens (tertiary/aromatic N) is 1. The Hall–Kier alpha value is -0.830. The van der Waals surface area contributed by atoms with Gasteiger partial charge in [-0.15, -0.1) is 0 Å². The van der Waals surface area contributed by atoms with Crippen LogP contribution in [0.4, 0.5) is 0 Å². The van der Waals surface area contributed by atoms with E-state index in [1.54, 1.807) is 0 Å². The van der Waals surface area contributed by atoms with Gasteiger partial charge < -0.3 is 5.32 Å². The Labute approximate surface area is 92.7 Å². The molecule has 15 heavy (non-hydrogen) atoms. The maximum Gasteiger partial charge on any atom is 0.0537 e. The predicted molar refractivity (Wildman–Crippen MR) is 63.8 cm³/mol. The van der Waals surface area contributed by atoms with Crippen LogP contribution in [0.5, 0.6) is 0 Å². The highest BCUT2D eigenvalue weighted by atomic mass is 15.1. The molecule has 0 aliphatic rings. The van der Waals surface area contributed by atoms with E-state index in [0.717, 1.165) is 12.5 Å². The van der Waals surface area contributed by atoms with Crippen LogP contribution in [0.3, 0.4) is 0 Å². The summed E-state index contributed by atoms with van der Waals surface area (Å²) in [6.07, 6.45) is 4.42. The summed E-state index contributed by atoms with van der Waals surface area (Å²) in [4.78, 5) is 0. The van der Waals surface area contributed by atoms with Gasteiger partial charge in [0.25, 0.3) is 0 Å². The van der Waals surface area contributed by atoms with Gasteiger partial charge in [-0.25, -0.2) is 0 Å². The van der Waals surface area contributed by atoms with Crippen molar-refractivity contribution in [2.45, 2.75) is 46.6 Å². The van der Waals surface area contributed by atoms with Crippen molar-refractivity contribution in [1.29, 1.82) is 0 Å². The lowest BCUT2D eigenvalue weighted by molar-refractivity contribution is 0.422. The van der Waals surface area contributed by atoms with E-state index in [2.05, 4.69) is 43.2 Å². The minimum absolute atomic E-state index is 0.393. The zero-order valence-corrected chi connectivity index (χ0v) is 10.3. The summed E-state index contributed by atoms with van der Waals surface area (Å²) in [7, 11) is 0. The monoisotopic (exact) mass is 209 g/mol. The summed E-state index contributed by atoms with van der Waals surface area (Å²) in [5.41, 5.74) is 2.44. The van der Waals surface area contributed by atoms with Crippen LogP contribution in [-0.2, 0) is 0 Å². The molecular weight excluding hydrogens is 186 g/mol. The van der Waals surface area contributed by atoms with Crippen LogP contribution < -0.4 is 5.32 Å². The Kier molecular flexibility index (Phi) is 4.82. The largest absolute Gasteiger partial charge is 0.310 e. The molecule has 0 fully saturated rings. The molecular formula is C12H23N3. The van der Waals surface area contributed by atoms with Gasteiger partial charge in [-0.05, 0) is 26.3 Å². The standard InChI is InChI=1S/C12H23N3/c1-5-11(6-2)7-13-9(3)12-8-14-15-10(12)4/h8-9,11,13H,5-7H2,1-4H3,(H,14,15). The fraction of sp³-hybridized carbons (Fsp3) is 0.750. The van der Waals surface area contributed by atoms with Gasteiger partial charge in [0.1, 0.15) is 0 Å². The highest BCUT2D eigenvalue weighted by molar-refractivity contribution is 5.18. The molecule has 0 radical (unpaired) electrons. The first-order chi connectivity index (χ1) is 7.19. The summed E-state index contributed by atoms with van der Waals surface area (Å²) in [6.45, 7) is 9.86. The lowest BCUT2D eigenvalue weighted by atomic mass is 10.0. The van der Waals surface area contributed by atoms with E-state index < -0.39 is 0 Å². The van der Waals surface area contributed by atoms with Gasteiger partial charge in [-0.2, -0.15) is 5.10 Å². The van der Waals surface area contributed by atoms with Gasteiger partial charge in [-0.1, -0.05) is 26.7 Å². The molecule has 1 atom stereocenters. The van der Waals surface area contributed by atoms with E-state index in [1.165, 1.54) is 24.1 Å². The van der Waals surface area contributed by atoms with Crippen LogP contribution in [0.1, 0.15) is 50.9 Å². The molecule has 0 saturated heterocycles. The third kappa shape index (κ3) is 3.34. The second-order valence-electron chi connectivity index (χ2n) is 4.26. The molecule has 86 valence electrons. The molecule has 0 aliphatic heterocycles. The van der Waals surface area contributed by atoms with Gasteiger partial charge in [0.2, 0.25) is 0 Å². The highest BCUT2D eigenvalue weighted by Crippen LogP contribution is 2.15. The summed E-state index contributed by atoms with van der Waals surface area (Å²) in [5, 5.41) is 10.6. The molecule has 1 aromatic rings. The normalized spacial score (nSPS) is 13.4. The lowest BCUT2D eigenvalue weighted by Crippen LogP contribution is -2.25. The molecule has 0 amide bonds. The van der Waals surface area contributed by atoms with Gasteiger partial charge in [-0.3, -0.25) is 5.10 Å². The van der Waals surface area contributed by atoms with Crippen molar-refractivity contribution in [3.8, 4) is 0 Å². The summed E-state index contributed by atoms with van der Waals surface area (Å²) in [6, 6.07) is 0.393. The van der Waals surface area contributed by atoms with Crippen LogP contribution in [-0.4, -0.2) is 16.7 Å². The van der Waals surface area contributed by atoms with E-state index in [0.29, 0.717) is 6.04 Å². The van der Waals surface area contributed by atoms with Gasteiger partial charge in [0, 0.05) is 17.3 Å². The van der Waals surface area contributed by atoms with Crippen molar-refractivity contribution < 1.29 is 0 Å². The maximum atomic E-state index is 4.05. The molecule has 0 aliphatic carbocycles. The first-order valence-electron chi connectivity index (χ1n) is 5.92. The number of aryl methyl sites for hydroxylation is 1. The number of aromatic amines is 1. The van der Waals surface area contributed by atoms with Crippen LogP contribution in [0.25, 0.3) is 0 Å². The number of nitrogens with one attached hydrogen (secondary N) is 2. The Morgan fingerprint density at radius 1 is 1.40 bits per heavy atom. The summed E-state index contributed by atoms with van der Waals surface area (Å²) >= 11 is 0. The van der Waals surface area contributed by atoms with Gasteiger partial charge >= 0.3 is 0 Å². The SMILES string of the molecule is CCC(CC)CNC(C)c1cn[nH]c1C. The van der Waals surface area contributed by atoms with E-state index in [1.807, 2.05) is 6.20 Å². The zero-order chi connectivity index (χ0) is 11.3. The van der Waals surface area contributed by atoms with Gasteiger partial charge in [0.15, 0.2) is 0 Å². The first kappa shape index (κ1) is 12.2. The number of H-pyrrole nitrogens is 1. The molecule has 2 N–H and O–H groups in total. The minimum Gasteiger partial charge on any atom is -0.310 e. The van der Waals surface area contributed by atoms with Crippen LogP contribution in [0.2, 0.25) is 0 Å². The summed E-state index contributed by atoms with van der Waals surface area (Å²) < 4.78 is 0. The average molecular weight is 209 g/mol. The Morgan fingerprint density at radius 2 is 2.07 bits per heavy atom. The van der Waals surface area contributed by atoms with Crippen LogP contribution in [0.15, 0.2) is 6.20 Å². The van der Waals surface area contributed by atoms with Crippen molar-refractivity contribution >= 4 is 0 Å². The second-order valence-corrected chi connectivity index (χ2v) is 4.26. The van der Waals surface area contributed by atoms with Crippen molar-refractivity contribution in [3.05, 3.63) is 17.5 Å². The quantitative estimate of drug-likeness (QED) is 0.756. The van der Waals surface area contributed by atoms with E-state index >= 15 is 0 Å². The highest BCUT2D eigenvalue weighted by Gasteiger charge is 2.11. The number of hydrogen-bond acceptors (Lipinski definition) is 2. The van der Waals surface area contributed by atoms with Crippen molar-refractivity contribution in [1.82, 2.24) is 15.5 Å².